The van der Waals surface area contributed by atoms with E-state index in [0.717, 1.165) is 45.0 Å². The van der Waals surface area contributed by atoms with E-state index in [0.29, 0.717) is 6.10 Å². The fourth-order valence-corrected chi connectivity index (χ4v) is 3.34. The molecule has 0 aliphatic carbocycles. The topological polar surface area (TPSA) is 194 Å². The third-order valence-corrected chi connectivity index (χ3v) is 5.23. The van der Waals surface area contributed by atoms with E-state index in [4.69, 9.17) is 44.3 Å². The molecule has 194 valence electrons. The molecule has 13 heteroatoms. The average molecular weight is 498 g/mol. The number of para-hydroxylation sites is 1. The molecule has 2 fully saturated rings. The maximum Gasteiger partial charge on any atom is 0.414 e. The Balaban J connectivity index is 0.000000425. The van der Waals surface area contributed by atoms with Crippen molar-refractivity contribution in [2.75, 3.05) is 44.6 Å². The van der Waals surface area contributed by atoms with E-state index in [2.05, 4.69) is 15.1 Å². The Labute approximate surface area is 201 Å². The summed E-state index contributed by atoms with van der Waals surface area (Å²) >= 11 is 0. The summed E-state index contributed by atoms with van der Waals surface area (Å²) in [6.07, 6.45) is 2.80. The van der Waals surface area contributed by atoms with Crippen LogP contribution in [-0.4, -0.2) is 111 Å². The number of amides is 1. The van der Waals surface area contributed by atoms with Crippen LogP contribution in [-0.2, 0) is 28.7 Å². The number of nitrogens with zero attached hydrogens (tertiary/aromatic N) is 2. The minimum atomic E-state index is -1.82. The zero-order valence-corrected chi connectivity index (χ0v) is 19.3. The van der Waals surface area contributed by atoms with Gasteiger partial charge in [0.1, 0.15) is 0 Å². The number of aliphatic carboxylic acids is 4. The highest BCUT2D eigenvalue weighted by atomic mass is 16.5. The molecule has 0 radical (unpaired) electrons. The van der Waals surface area contributed by atoms with E-state index in [1.165, 1.54) is 12.8 Å². The van der Waals surface area contributed by atoms with Gasteiger partial charge in [0, 0.05) is 45.0 Å². The summed E-state index contributed by atoms with van der Waals surface area (Å²) in [5.41, 5.74) is 0.862. The quantitative estimate of drug-likeness (QED) is 0.345. The maximum absolute atomic E-state index is 12.4. The maximum atomic E-state index is 12.4. The third-order valence-electron chi connectivity index (χ3n) is 5.23. The Hall–Kier alpha value is -3.55. The number of benzene rings is 1. The van der Waals surface area contributed by atoms with Gasteiger partial charge in [0.2, 0.25) is 5.91 Å². The van der Waals surface area contributed by atoms with Gasteiger partial charge in [-0.1, -0.05) is 18.2 Å². The van der Waals surface area contributed by atoms with Gasteiger partial charge in [0.05, 0.1) is 12.1 Å². The zero-order chi connectivity index (χ0) is 26.4. The predicted molar refractivity (Wildman–Crippen MR) is 122 cm³/mol. The van der Waals surface area contributed by atoms with E-state index in [1.807, 2.05) is 37.3 Å². The SMILES string of the molecule is CC(C(=O)Nc1ccccc1)N1CCN(CC2CCCO2)CC1.O=C(O)C(=O)O.O=C(O)C(=O)O. The number of hydrogen-bond acceptors (Lipinski definition) is 8. The van der Waals surface area contributed by atoms with Gasteiger partial charge in [0.25, 0.3) is 0 Å². The molecule has 0 saturated carbocycles. The highest BCUT2D eigenvalue weighted by molar-refractivity contribution is 6.27. The monoisotopic (exact) mass is 497 g/mol. The normalized spacial score (nSPS) is 18.6. The number of carbonyl (C=O) groups is 5. The Bertz CT molecular complexity index is 802. The van der Waals surface area contributed by atoms with Crippen LogP contribution in [0.1, 0.15) is 19.8 Å². The second kappa shape index (κ2) is 15.4. The Morgan fingerprint density at radius 3 is 1.86 bits per heavy atom. The average Bonchev–Trinajstić information content (AvgIpc) is 3.33. The van der Waals surface area contributed by atoms with Gasteiger partial charge >= 0.3 is 23.9 Å². The van der Waals surface area contributed by atoms with Crippen molar-refractivity contribution in [3.05, 3.63) is 30.3 Å². The Kier molecular flexibility index (Phi) is 12.9. The lowest BCUT2D eigenvalue weighted by molar-refractivity contribution is -0.159. The van der Waals surface area contributed by atoms with Crippen LogP contribution in [0.3, 0.4) is 0 Å². The van der Waals surface area contributed by atoms with E-state index < -0.39 is 23.9 Å². The molecule has 1 aromatic rings. The van der Waals surface area contributed by atoms with Crippen LogP contribution in [0.4, 0.5) is 5.69 Å². The van der Waals surface area contributed by atoms with Gasteiger partial charge in [-0.05, 0) is 31.9 Å². The second-order valence-electron chi connectivity index (χ2n) is 7.72. The molecule has 0 aromatic heterocycles. The summed E-state index contributed by atoms with van der Waals surface area (Å²) in [6, 6.07) is 9.56. The standard InChI is InChI=1S/C18H27N3O2.2C2H2O4/c1-15(18(22)19-16-6-3-2-4-7-16)21-11-9-20(10-12-21)14-17-8-5-13-23-17;2*3-1(4)2(5)6/h2-4,6-7,15,17H,5,8-14H2,1H3,(H,19,22);2*(H,3,4)(H,5,6). The van der Waals surface area contributed by atoms with Gasteiger partial charge < -0.3 is 30.5 Å². The minimum Gasteiger partial charge on any atom is -0.473 e. The van der Waals surface area contributed by atoms with Crippen molar-refractivity contribution in [1.82, 2.24) is 9.80 Å². The van der Waals surface area contributed by atoms with Crippen LogP contribution < -0.4 is 5.32 Å². The minimum absolute atomic E-state index is 0.0729. The van der Waals surface area contributed by atoms with Gasteiger partial charge in [0.15, 0.2) is 0 Å². The largest absolute Gasteiger partial charge is 0.473 e. The van der Waals surface area contributed by atoms with Crippen LogP contribution in [0.25, 0.3) is 0 Å². The highest BCUT2D eigenvalue weighted by Crippen LogP contribution is 2.15. The van der Waals surface area contributed by atoms with E-state index in [9.17, 15) is 4.79 Å². The van der Waals surface area contributed by atoms with Crippen molar-refractivity contribution < 1.29 is 49.1 Å². The summed E-state index contributed by atoms with van der Waals surface area (Å²) in [7, 11) is 0. The smallest absolute Gasteiger partial charge is 0.414 e. The van der Waals surface area contributed by atoms with Crippen molar-refractivity contribution in [3.8, 4) is 0 Å². The Morgan fingerprint density at radius 2 is 1.43 bits per heavy atom. The molecule has 2 aliphatic rings. The third kappa shape index (κ3) is 11.9. The number of piperazine rings is 1. The lowest BCUT2D eigenvalue weighted by Crippen LogP contribution is -2.53. The summed E-state index contributed by atoms with van der Waals surface area (Å²) in [5, 5.41) is 32.6. The molecule has 2 saturated heterocycles. The van der Waals surface area contributed by atoms with E-state index in [-0.39, 0.29) is 11.9 Å². The molecule has 0 bridgehead atoms. The molecular formula is C22H31N3O10. The zero-order valence-electron chi connectivity index (χ0n) is 19.3. The van der Waals surface area contributed by atoms with Crippen molar-refractivity contribution in [3.63, 3.8) is 0 Å². The lowest BCUT2D eigenvalue weighted by atomic mass is 10.2. The summed E-state index contributed by atoms with van der Waals surface area (Å²) < 4.78 is 5.72. The molecule has 2 unspecified atom stereocenters. The van der Waals surface area contributed by atoms with E-state index >= 15 is 0 Å². The lowest BCUT2D eigenvalue weighted by Gasteiger charge is -2.38. The molecule has 3 rings (SSSR count). The number of carboxylic acids is 4. The van der Waals surface area contributed by atoms with Crippen LogP contribution in [0, 0.1) is 0 Å². The molecular weight excluding hydrogens is 466 g/mol. The summed E-state index contributed by atoms with van der Waals surface area (Å²) in [5.74, 6) is -7.22. The summed E-state index contributed by atoms with van der Waals surface area (Å²) in [6.45, 7) is 7.87. The van der Waals surface area contributed by atoms with Crippen LogP contribution >= 0.6 is 0 Å². The predicted octanol–water partition coefficient (Wildman–Crippen LogP) is 0.121. The first-order valence-corrected chi connectivity index (χ1v) is 10.9. The van der Waals surface area contributed by atoms with Gasteiger partial charge in [-0.3, -0.25) is 14.6 Å². The van der Waals surface area contributed by atoms with Gasteiger partial charge in [-0.15, -0.1) is 0 Å². The molecule has 5 N–H and O–H groups in total. The summed E-state index contributed by atoms with van der Waals surface area (Å²) in [4.78, 5) is 53.5. The van der Waals surface area contributed by atoms with Crippen LogP contribution in [0.5, 0.6) is 0 Å². The van der Waals surface area contributed by atoms with Gasteiger partial charge in [-0.2, -0.15) is 0 Å². The molecule has 2 heterocycles. The fourth-order valence-electron chi connectivity index (χ4n) is 3.34. The first-order chi connectivity index (χ1) is 16.5. The molecule has 13 nitrogen and oxygen atoms in total. The van der Waals surface area contributed by atoms with E-state index in [1.54, 1.807) is 0 Å². The molecule has 2 atom stereocenters. The molecule has 35 heavy (non-hydrogen) atoms. The molecule has 2 aliphatic heterocycles. The van der Waals surface area contributed by atoms with Gasteiger partial charge in [-0.25, -0.2) is 19.2 Å². The number of rotatable bonds is 5. The number of hydrogen-bond donors (Lipinski definition) is 5. The van der Waals surface area contributed by atoms with Crippen molar-refractivity contribution in [2.45, 2.75) is 31.9 Å². The number of carboxylic acid groups (broad SMARTS) is 4. The second-order valence-corrected chi connectivity index (χ2v) is 7.72. The van der Waals surface area contributed by atoms with Crippen molar-refractivity contribution >= 4 is 35.5 Å². The Morgan fingerprint density at radius 1 is 0.914 bits per heavy atom. The van der Waals surface area contributed by atoms with Crippen LogP contribution in [0.2, 0.25) is 0 Å². The first-order valence-electron chi connectivity index (χ1n) is 10.9. The van der Waals surface area contributed by atoms with Crippen LogP contribution in [0.15, 0.2) is 30.3 Å². The first kappa shape index (κ1) is 29.5. The fraction of sp³-hybridized carbons (Fsp3) is 0.500. The number of nitrogens with one attached hydrogen (secondary N) is 1. The van der Waals surface area contributed by atoms with Crippen molar-refractivity contribution in [2.24, 2.45) is 0 Å². The number of ether oxygens (including phenoxy) is 1. The van der Waals surface area contributed by atoms with Crippen molar-refractivity contribution in [1.29, 1.82) is 0 Å². The molecule has 1 aromatic carbocycles. The highest BCUT2D eigenvalue weighted by Gasteiger charge is 2.27. The number of carbonyl (C=O) groups excluding carboxylic acids is 1. The number of anilines is 1. The molecule has 1 amide bonds. The molecule has 0 spiro atoms.